The van der Waals surface area contributed by atoms with Crippen LogP contribution in [0.5, 0.6) is 11.5 Å². The number of likely N-dealkylation sites (tertiary alicyclic amines) is 2. The van der Waals surface area contributed by atoms with E-state index in [0.717, 1.165) is 239 Å². The molecule has 6 aromatic carbocycles. The zero-order valence-corrected chi connectivity index (χ0v) is 79.8. The number of aromatic amines is 2. The molecule has 6 fully saturated rings. The fourth-order valence-electron chi connectivity index (χ4n) is 20.7. The van der Waals surface area contributed by atoms with Crippen LogP contribution in [-0.4, -0.2) is 241 Å². The van der Waals surface area contributed by atoms with E-state index in [-0.39, 0.29) is 58.5 Å². The van der Waals surface area contributed by atoms with E-state index in [0.29, 0.717) is 56.8 Å². The molecule has 2 atom stereocenters. The number of anilines is 2. The normalized spacial score (nSPS) is 19.8. The van der Waals surface area contributed by atoms with Crippen LogP contribution < -0.4 is 28.7 Å². The largest absolute Gasteiger partial charge is 0.486 e. The number of hydrogen-bond acceptors (Lipinski definition) is 24. The molecule has 6 aliphatic heterocycles. The number of aromatic nitrogens is 8. The first-order valence-electron chi connectivity index (χ1n) is 46.9. The number of fused-ring (bicyclic) bond motifs is 4. The summed E-state index contributed by atoms with van der Waals surface area (Å²) in [6, 6.07) is 42.5. The van der Waals surface area contributed by atoms with Gasteiger partial charge in [-0.1, -0.05) is 86.3 Å². The lowest BCUT2D eigenvalue weighted by atomic mass is 9.72. The molecule has 2 amide bonds. The van der Waals surface area contributed by atoms with Crippen LogP contribution in [0.15, 0.2) is 191 Å². The minimum absolute atomic E-state index is 0.0286. The van der Waals surface area contributed by atoms with Gasteiger partial charge in [0.2, 0.25) is 0 Å². The molecule has 0 radical (unpaired) electrons. The van der Waals surface area contributed by atoms with E-state index in [1.54, 1.807) is 46.3 Å². The van der Waals surface area contributed by atoms with Gasteiger partial charge in [0, 0.05) is 198 Å². The van der Waals surface area contributed by atoms with E-state index < -0.39 is 62.9 Å². The van der Waals surface area contributed by atoms with Gasteiger partial charge in [0.05, 0.1) is 66.4 Å². The Morgan fingerprint density at radius 3 is 1.29 bits per heavy atom. The molecule has 8 aliphatic rings. The van der Waals surface area contributed by atoms with Gasteiger partial charge in [0.15, 0.2) is 22.8 Å². The lowest BCUT2D eigenvalue weighted by Crippen LogP contribution is -2.47. The summed E-state index contributed by atoms with van der Waals surface area (Å²) in [7, 11) is -9.20. The molecule has 0 unspecified atom stereocenters. The molecule has 36 heteroatoms. The highest BCUT2D eigenvalue weighted by Crippen LogP contribution is 2.47. The quantitative estimate of drug-likeness (QED) is 0.0289. The average molecular weight is 1930 g/mol. The summed E-state index contributed by atoms with van der Waals surface area (Å²) in [6.07, 6.45) is 18.9. The first kappa shape index (κ1) is 93.3. The number of pyridine rings is 2. The Bertz CT molecular complexity index is 6430. The van der Waals surface area contributed by atoms with Crippen molar-refractivity contribution < 1.29 is 55.2 Å². The second-order valence-corrected chi connectivity index (χ2v) is 43.0. The number of amides is 2. The smallest absolute Gasteiger partial charge is 0.312 e. The van der Waals surface area contributed by atoms with Crippen molar-refractivity contribution in [3.8, 4) is 22.9 Å². The summed E-state index contributed by atoms with van der Waals surface area (Å²) in [6.45, 7) is 24.4. The molecule has 12 heterocycles. The number of allylic oxidation sites excluding steroid dienone is 2. The SMILES string of the molecule is CC1(C)CCC(CN2CCN(c3ccc(C(=O)NS(=O)(=O)c4ccc(OC[C@@H]5CCN(C6CCOCC6)C5)c([N+](=O)[O-])c4)c(-n4[nH]cc5nc6nccc6cc54)c3)CC2)=C(c2ccc(Cl)cc2)C1.CC1(C)CCC(CN2CCN(c3ccc(C(=O)NS(=O)(=O)c4ccc(OC[C@H]5CCN(C6CCOCC6)C5)c([N+](=O)[O-])c4)c(-n4[nH]cc5nc6nccc6cc54)c3)CC2)=C(c2ccc(Cl)cc2)C1. The van der Waals surface area contributed by atoms with E-state index in [1.807, 2.05) is 72.8 Å². The molecule has 136 heavy (non-hydrogen) atoms. The number of benzene rings is 6. The van der Waals surface area contributed by atoms with E-state index in [9.17, 15) is 46.7 Å². The number of carbonyl (C=O) groups is 2. The number of nitrogens with one attached hydrogen (secondary N) is 4. The van der Waals surface area contributed by atoms with Crippen LogP contribution in [-0.2, 0) is 29.5 Å². The zero-order valence-electron chi connectivity index (χ0n) is 76.7. The summed E-state index contributed by atoms with van der Waals surface area (Å²) in [5.41, 5.74) is 14.0. The molecule has 12 aromatic rings. The van der Waals surface area contributed by atoms with Crippen LogP contribution in [0.3, 0.4) is 0 Å². The minimum Gasteiger partial charge on any atom is -0.486 e. The third kappa shape index (κ3) is 20.8. The predicted molar refractivity (Wildman–Crippen MR) is 524 cm³/mol. The number of rotatable bonds is 26. The minimum atomic E-state index is -4.60. The fraction of sp³-hybridized carbons (Fsp3) is 0.420. The van der Waals surface area contributed by atoms with Crippen molar-refractivity contribution in [2.75, 3.05) is 141 Å². The van der Waals surface area contributed by atoms with Crippen LogP contribution in [0.25, 0.3) is 66.7 Å². The Balaban J connectivity index is 0.000000174. The van der Waals surface area contributed by atoms with Crippen molar-refractivity contribution in [3.05, 3.63) is 234 Å². The van der Waals surface area contributed by atoms with Crippen molar-refractivity contribution in [2.24, 2.45) is 22.7 Å². The van der Waals surface area contributed by atoms with E-state index in [2.05, 4.69) is 111 Å². The van der Waals surface area contributed by atoms with Crippen molar-refractivity contribution in [1.29, 1.82) is 0 Å². The van der Waals surface area contributed by atoms with E-state index >= 15 is 0 Å². The Kier molecular flexibility index (Phi) is 27.0. The number of hydrogen-bond donors (Lipinski definition) is 4. The van der Waals surface area contributed by atoms with Crippen molar-refractivity contribution in [1.82, 2.24) is 68.5 Å². The van der Waals surface area contributed by atoms with Gasteiger partial charge < -0.3 is 28.7 Å². The number of nitrogens with zero attached hydrogens (tertiary/aromatic N) is 14. The van der Waals surface area contributed by atoms with Gasteiger partial charge in [-0.25, -0.2) is 46.2 Å². The molecule has 712 valence electrons. The topological polar surface area (TPSA) is 362 Å². The second kappa shape index (κ2) is 39.4. The Morgan fingerprint density at radius 2 is 0.897 bits per heavy atom. The number of nitro groups is 2. The average Bonchev–Trinajstić information content (AvgIpc) is 1.33. The van der Waals surface area contributed by atoms with Crippen molar-refractivity contribution in [2.45, 2.75) is 127 Å². The summed E-state index contributed by atoms with van der Waals surface area (Å²) in [4.78, 5) is 83.5. The molecule has 2 aliphatic carbocycles. The van der Waals surface area contributed by atoms with Gasteiger partial charge in [0.1, 0.15) is 11.0 Å². The molecule has 4 N–H and O–H groups in total. The zero-order chi connectivity index (χ0) is 94.3. The number of carbonyl (C=O) groups excluding carboxylic acids is 2. The molecule has 6 aromatic heterocycles. The Morgan fingerprint density at radius 1 is 0.500 bits per heavy atom. The first-order chi connectivity index (χ1) is 65.5. The number of nitro benzene ring substituents is 2. The number of ether oxygens (including phenoxy) is 4. The van der Waals surface area contributed by atoms with E-state index in [4.69, 9.17) is 52.1 Å². The lowest BCUT2D eigenvalue weighted by molar-refractivity contribution is -0.386. The van der Waals surface area contributed by atoms with Crippen LogP contribution in [0.2, 0.25) is 10.0 Å². The number of H-pyrrole nitrogens is 2. The summed E-state index contributed by atoms with van der Waals surface area (Å²) in [5, 5.41) is 34.1. The van der Waals surface area contributed by atoms with Crippen molar-refractivity contribution >= 4 is 133 Å². The van der Waals surface area contributed by atoms with Gasteiger partial charge in [-0.15, -0.1) is 0 Å². The number of halogens is 2. The maximum atomic E-state index is 14.3. The number of sulfonamides is 2. The van der Waals surface area contributed by atoms with Gasteiger partial charge in [-0.3, -0.25) is 69.0 Å². The lowest BCUT2D eigenvalue weighted by Gasteiger charge is -2.39. The summed E-state index contributed by atoms with van der Waals surface area (Å²) < 4.78 is 86.6. The van der Waals surface area contributed by atoms with E-state index in [1.165, 1.54) is 57.7 Å². The molecule has 0 spiro atoms. The van der Waals surface area contributed by atoms with Gasteiger partial charge in [0.25, 0.3) is 31.9 Å². The first-order valence-corrected chi connectivity index (χ1v) is 50.7. The Hall–Kier alpha value is -11.7. The maximum absolute atomic E-state index is 14.3. The van der Waals surface area contributed by atoms with Crippen molar-refractivity contribution in [3.63, 3.8) is 0 Å². The Labute approximate surface area is 799 Å². The predicted octanol–water partition coefficient (Wildman–Crippen LogP) is 16.5. The second-order valence-electron chi connectivity index (χ2n) is 38.8. The standard InChI is InChI=1S/2C50H56ClN9O7S/c2*1-50(2)16-11-36(42(28-50)34-3-5-37(51)6-4-34)31-56-19-21-57(22-20-56)39-7-9-41(44(26-39)59-45-25-35-12-17-52-48(35)54-43(45)29-53-59)49(61)55-68(64,65)40-8-10-47(46(27-40)60(62)63)67-32-33-13-18-58(30-33)38-14-23-66-24-15-38/h2*3-10,12,17,25-27,29,33,38,53H,11,13-16,18-24,28,30-32H2,1-2H3,(H,55,61)/t2*33-/m10/s1. The molecule has 0 saturated carbocycles. The third-order valence-electron chi connectivity index (χ3n) is 28.4. The van der Waals surface area contributed by atoms with Gasteiger partial charge >= 0.3 is 11.4 Å². The highest BCUT2D eigenvalue weighted by molar-refractivity contribution is 7.90. The summed E-state index contributed by atoms with van der Waals surface area (Å²) in [5.74, 6) is -1.52. The molecule has 20 rings (SSSR count). The van der Waals surface area contributed by atoms with Crippen LogP contribution in [0, 0.1) is 42.9 Å². The molecule has 0 bridgehead atoms. The molecule has 32 nitrogen and oxygen atoms in total. The van der Waals surface area contributed by atoms with Gasteiger partial charge in [-0.05, 0) is 232 Å². The number of piperazine rings is 2. The highest BCUT2D eigenvalue weighted by atomic mass is 35.5. The van der Waals surface area contributed by atoms with Crippen LogP contribution in [0.1, 0.15) is 137 Å². The van der Waals surface area contributed by atoms with Crippen LogP contribution >= 0.6 is 23.2 Å². The monoisotopic (exact) mass is 1920 g/mol. The third-order valence-corrected chi connectivity index (χ3v) is 31.6. The fourth-order valence-corrected chi connectivity index (χ4v) is 22.9. The highest BCUT2D eigenvalue weighted by Gasteiger charge is 2.38. The van der Waals surface area contributed by atoms with Gasteiger partial charge in [-0.2, -0.15) is 0 Å². The van der Waals surface area contributed by atoms with Crippen LogP contribution in [0.4, 0.5) is 22.7 Å². The molecular formula is C100H112Cl2N18O14S2. The molecular weight excluding hydrogens is 1810 g/mol. The molecule has 6 saturated heterocycles. The summed E-state index contributed by atoms with van der Waals surface area (Å²) >= 11 is 12.5. The maximum Gasteiger partial charge on any atom is 0.312 e.